The average molecular weight is 268 g/mol. The van der Waals surface area contributed by atoms with Crippen molar-refractivity contribution in [2.75, 3.05) is 0 Å². The molecule has 3 N–H and O–H groups in total. The van der Waals surface area contributed by atoms with Crippen LogP contribution in [0.5, 0.6) is 0 Å². The summed E-state index contributed by atoms with van der Waals surface area (Å²) in [7, 11) is -3.22. The minimum atomic E-state index is -3.22. The van der Waals surface area contributed by atoms with Gasteiger partial charge in [-0.3, -0.25) is 4.98 Å². The highest BCUT2D eigenvalue weighted by atomic mass is 31.1. The Morgan fingerprint density at radius 3 is 2.67 bits per heavy atom. The van der Waals surface area contributed by atoms with Crippen LogP contribution in [0.1, 0.15) is 12.5 Å². The van der Waals surface area contributed by atoms with E-state index in [1.807, 2.05) is 0 Å². The number of aliphatic hydroxyl groups excluding tert-OH is 1. The van der Waals surface area contributed by atoms with Crippen LogP contribution in [0.25, 0.3) is 0 Å². The fraction of sp³-hybridized carbons (Fsp3) is 0.273. The van der Waals surface area contributed by atoms with Gasteiger partial charge in [0.25, 0.3) is 0 Å². The van der Waals surface area contributed by atoms with Gasteiger partial charge in [-0.1, -0.05) is 5.92 Å². The van der Waals surface area contributed by atoms with E-state index in [2.05, 4.69) is 16.8 Å². The lowest BCUT2D eigenvalue weighted by molar-refractivity contribution is -0.141. The summed E-state index contributed by atoms with van der Waals surface area (Å²) in [6.07, 6.45) is 1.30. The van der Waals surface area contributed by atoms with Crippen molar-refractivity contribution in [1.82, 2.24) is 4.98 Å². The zero-order valence-corrected chi connectivity index (χ0v) is 10.3. The summed E-state index contributed by atoms with van der Waals surface area (Å²) in [4.78, 5) is 24.0. The predicted molar refractivity (Wildman–Crippen MR) is 63.0 cm³/mol. The van der Waals surface area contributed by atoms with Crippen molar-refractivity contribution in [2.45, 2.75) is 18.2 Å². The Bertz CT molecular complexity index is 503. The highest BCUT2D eigenvalue weighted by molar-refractivity contribution is 7.42. The third-order valence-electron chi connectivity index (χ3n) is 2.29. The molecular weight excluding hydrogens is 257 g/mol. The second-order valence-electron chi connectivity index (χ2n) is 3.51. The fourth-order valence-electron chi connectivity index (χ4n) is 1.23. The minimum absolute atomic E-state index is 0.389. The maximum Gasteiger partial charge on any atom is 0.540 e. The van der Waals surface area contributed by atoms with E-state index in [1.165, 1.54) is 12.4 Å². The Hall–Kier alpha value is -1.80. The average Bonchev–Trinajstić information content (AvgIpc) is 2.29. The minimum Gasteiger partial charge on any atom is -0.477 e. The Balaban J connectivity index is 3.27. The number of pyridine rings is 1. The first-order valence-electron chi connectivity index (χ1n) is 4.92. The van der Waals surface area contributed by atoms with E-state index >= 15 is 0 Å². The van der Waals surface area contributed by atoms with Crippen molar-refractivity contribution in [3.8, 4) is 11.8 Å². The SMILES string of the molecule is CC(O)C(C#Cc1cccnc1)(C(=O)O)[P+](=O)O. The molecule has 7 heteroatoms. The first-order valence-corrected chi connectivity index (χ1v) is 6.13. The van der Waals surface area contributed by atoms with Gasteiger partial charge in [-0.25, -0.2) is 4.79 Å². The van der Waals surface area contributed by atoms with Crippen LogP contribution < -0.4 is 0 Å². The van der Waals surface area contributed by atoms with Crippen LogP contribution in [-0.4, -0.2) is 37.3 Å². The molecule has 0 fully saturated rings. The van der Waals surface area contributed by atoms with Crippen LogP contribution in [0.3, 0.4) is 0 Å². The Morgan fingerprint density at radius 1 is 1.61 bits per heavy atom. The normalized spacial score (nSPS) is 15.8. The molecule has 1 aromatic rings. The largest absolute Gasteiger partial charge is 0.540 e. The number of carboxylic acid groups (broad SMARTS) is 1. The van der Waals surface area contributed by atoms with Gasteiger partial charge in [0, 0.05) is 18.0 Å². The van der Waals surface area contributed by atoms with Crippen LogP contribution in [0.4, 0.5) is 0 Å². The predicted octanol–water partition coefficient (Wildman–Crippen LogP) is 0.372. The molecular formula is C11H11NO5P+. The first-order chi connectivity index (χ1) is 8.41. The smallest absolute Gasteiger partial charge is 0.477 e. The Kier molecular flexibility index (Phi) is 4.51. The molecule has 0 saturated carbocycles. The van der Waals surface area contributed by atoms with E-state index in [1.54, 1.807) is 12.1 Å². The van der Waals surface area contributed by atoms with Crippen molar-refractivity contribution >= 4 is 14.0 Å². The maximum atomic E-state index is 11.2. The number of aliphatic hydroxyl groups is 1. The standard InChI is InChI=1S/C11H10NO5P/c1-8(13)11(10(14)15,18(16)17)5-4-9-3-2-6-12-7-9/h2-3,6-8,13H,1H3,(H-,14,15,16,17)/p+1. The molecule has 0 aliphatic carbocycles. The van der Waals surface area contributed by atoms with Crippen molar-refractivity contribution in [3.63, 3.8) is 0 Å². The summed E-state index contributed by atoms with van der Waals surface area (Å²) in [6, 6.07) is 3.16. The summed E-state index contributed by atoms with van der Waals surface area (Å²) in [6.45, 7) is 1.11. The van der Waals surface area contributed by atoms with Gasteiger partial charge in [0.05, 0.1) is 0 Å². The highest BCUT2D eigenvalue weighted by Crippen LogP contribution is 2.38. The molecule has 0 radical (unpaired) electrons. The molecule has 94 valence electrons. The number of rotatable bonds is 3. The third kappa shape index (κ3) is 2.71. The zero-order valence-electron chi connectivity index (χ0n) is 9.44. The summed E-state index contributed by atoms with van der Waals surface area (Å²) in [5.41, 5.74) is 0.389. The molecule has 0 spiro atoms. The molecule has 0 saturated heterocycles. The van der Waals surface area contributed by atoms with Crippen molar-refractivity contribution in [2.24, 2.45) is 0 Å². The molecule has 1 rings (SSSR count). The maximum absolute atomic E-state index is 11.2. The van der Waals surface area contributed by atoms with E-state index in [9.17, 15) is 14.5 Å². The second kappa shape index (κ2) is 5.69. The second-order valence-corrected chi connectivity index (χ2v) is 4.76. The Morgan fingerprint density at radius 2 is 2.28 bits per heavy atom. The van der Waals surface area contributed by atoms with Gasteiger partial charge in [-0.2, -0.15) is 4.89 Å². The molecule has 18 heavy (non-hydrogen) atoms. The lowest BCUT2D eigenvalue weighted by atomic mass is 10.0. The van der Waals surface area contributed by atoms with E-state index in [0.717, 1.165) is 6.92 Å². The number of carbonyl (C=O) groups is 1. The summed E-state index contributed by atoms with van der Waals surface area (Å²) >= 11 is 0. The number of carboxylic acids is 1. The van der Waals surface area contributed by atoms with Gasteiger partial charge in [0.15, 0.2) is 0 Å². The van der Waals surface area contributed by atoms with Gasteiger partial charge in [-0.15, -0.1) is 0 Å². The molecule has 0 aromatic carbocycles. The van der Waals surface area contributed by atoms with E-state index in [0.29, 0.717) is 5.56 Å². The van der Waals surface area contributed by atoms with Crippen LogP contribution >= 0.6 is 8.03 Å². The van der Waals surface area contributed by atoms with Gasteiger partial charge < -0.3 is 10.2 Å². The quantitative estimate of drug-likeness (QED) is 0.540. The fourth-order valence-corrected chi connectivity index (χ4v) is 1.87. The summed E-state index contributed by atoms with van der Waals surface area (Å²) in [5, 5.41) is 16.1. The van der Waals surface area contributed by atoms with E-state index < -0.39 is 25.3 Å². The van der Waals surface area contributed by atoms with Crippen LogP contribution in [0.2, 0.25) is 0 Å². The zero-order chi connectivity index (χ0) is 13.8. The monoisotopic (exact) mass is 268 g/mol. The number of nitrogens with zero attached hydrogens (tertiary/aromatic N) is 1. The molecule has 0 amide bonds. The lowest BCUT2D eigenvalue weighted by Crippen LogP contribution is -2.43. The topological polar surface area (TPSA) is 108 Å². The van der Waals surface area contributed by atoms with Crippen molar-refractivity contribution in [1.29, 1.82) is 0 Å². The molecule has 1 heterocycles. The number of aromatic nitrogens is 1. The molecule has 0 bridgehead atoms. The summed E-state index contributed by atoms with van der Waals surface area (Å²) in [5.74, 6) is 2.97. The lowest BCUT2D eigenvalue weighted by Gasteiger charge is -2.13. The third-order valence-corrected chi connectivity index (χ3v) is 3.57. The first kappa shape index (κ1) is 14.3. The van der Waals surface area contributed by atoms with Crippen LogP contribution in [0.15, 0.2) is 24.5 Å². The summed E-state index contributed by atoms with van der Waals surface area (Å²) < 4.78 is 11.2. The van der Waals surface area contributed by atoms with Crippen LogP contribution in [0, 0.1) is 11.8 Å². The van der Waals surface area contributed by atoms with Gasteiger partial charge in [0.1, 0.15) is 6.10 Å². The van der Waals surface area contributed by atoms with Gasteiger partial charge in [-0.05, 0) is 29.5 Å². The van der Waals surface area contributed by atoms with Gasteiger partial charge in [0.2, 0.25) is 0 Å². The van der Waals surface area contributed by atoms with Gasteiger partial charge >= 0.3 is 19.2 Å². The number of hydrogen-bond acceptors (Lipinski definition) is 4. The molecule has 0 aliphatic rings. The number of aliphatic carboxylic acids is 1. The van der Waals surface area contributed by atoms with Crippen molar-refractivity contribution in [3.05, 3.63) is 30.1 Å². The molecule has 6 nitrogen and oxygen atoms in total. The molecule has 3 atom stereocenters. The molecule has 1 aromatic heterocycles. The van der Waals surface area contributed by atoms with E-state index in [-0.39, 0.29) is 0 Å². The molecule has 3 unspecified atom stereocenters. The Labute approximate surface area is 104 Å². The number of hydrogen-bond donors (Lipinski definition) is 3. The van der Waals surface area contributed by atoms with Crippen LogP contribution in [-0.2, 0) is 9.36 Å². The van der Waals surface area contributed by atoms with E-state index in [4.69, 9.17) is 10.00 Å². The van der Waals surface area contributed by atoms with Crippen molar-refractivity contribution < 1.29 is 24.5 Å². The molecule has 0 aliphatic heterocycles. The highest BCUT2D eigenvalue weighted by Gasteiger charge is 2.60.